The summed E-state index contributed by atoms with van der Waals surface area (Å²) in [6.45, 7) is 5.62. The fraction of sp³-hybridized carbons (Fsp3) is 0.467. The van der Waals surface area contributed by atoms with Crippen LogP contribution < -0.4 is 0 Å². The SMILES string of the molecule is CCC[N+]1=C(C(C)C(=O)O)N(O)CC1.c1ccccc1. The Bertz CT molecular complexity index is 419. The third-order valence-electron chi connectivity index (χ3n) is 3.09. The van der Waals surface area contributed by atoms with Gasteiger partial charge in [-0.25, -0.2) is 5.21 Å². The standard InChI is InChI=1S/C9H16N2O3.C6H6/c1-3-4-10-5-6-11(14)8(10)7(2)9(12)13;1-2-4-6-5-3-1/h7H,3-6H2,1-2H3,(H-,12,13,14);1-6H/p+1. The molecule has 1 heterocycles. The molecule has 1 aliphatic heterocycles. The average molecular weight is 279 g/mol. The molecule has 0 saturated heterocycles. The van der Waals surface area contributed by atoms with E-state index in [0.29, 0.717) is 18.9 Å². The van der Waals surface area contributed by atoms with Crippen molar-refractivity contribution in [3.63, 3.8) is 0 Å². The van der Waals surface area contributed by atoms with E-state index in [0.717, 1.165) is 18.0 Å². The van der Waals surface area contributed by atoms with Crippen LogP contribution in [-0.2, 0) is 4.79 Å². The van der Waals surface area contributed by atoms with E-state index in [9.17, 15) is 10.0 Å². The summed E-state index contributed by atoms with van der Waals surface area (Å²) in [7, 11) is 0. The van der Waals surface area contributed by atoms with Crippen molar-refractivity contribution in [3.8, 4) is 0 Å². The first kappa shape index (κ1) is 16.2. The van der Waals surface area contributed by atoms with Gasteiger partial charge in [-0.05, 0) is 13.3 Å². The van der Waals surface area contributed by atoms with Crippen LogP contribution in [0.2, 0.25) is 0 Å². The smallest absolute Gasteiger partial charge is 0.318 e. The number of amidine groups is 1. The van der Waals surface area contributed by atoms with Crippen molar-refractivity contribution in [1.82, 2.24) is 5.06 Å². The van der Waals surface area contributed by atoms with Crippen LogP contribution in [0.25, 0.3) is 0 Å². The highest BCUT2D eigenvalue weighted by Gasteiger charge is 2.37. The van der Waals surface area contributed by atoms with Gasteiger partial charge in [0, 0.05) is 0 Å². The van der Waals surface area contributed by atoms with Gasteiger partial charge >= 0.3 is 5.97 Å². The Morgan fingerprint density at radius 1 is 1.30 bits per heavy atom. The van der Waals surface area contributed by atoms with Gasteiger partial charge in [0.1, 0.15) is 6.54 Å². The van der Waals surface area contributed by atoms with Crippen LogP contribution >= 0.6 is 0 Å². The van der Waals surface area contributed by atoms with E-state index in [1.807, 2.05) is 47.9 Å². The Labute approximate surface area is 119 Å². The fourth-order valence-electron chi connectivity index (χ4n) is 2.10. The number of carboxylic acids is 1. The summed E-state index contributed by atoms with van der Waals surface area (Å²) in [5.74, 6) is -1.03. The molecule has 0 amide bonds. The molecular weight excluding hydrogens is 256 g/mol. The van der Waals surface area contributed by atoms with E-state index in [1.54, 1.807) is 6.92 Å². The minimum atomic E-state index is -0.901. The first-order valence-electron chi connectivity index (χ1n) is 6.89. The summed E-state index contributed by atoms with van der Waals surface area (Å²) >= 11 is 0. The lowest BCUT2D eigenvalue weighted by molar-refractivity contribution is -0.520. The van der Waals surface area contributed by atoms with Crippen molar-refractivity contribution in [3.05, 3.63) is 36.4 Å². The average Bonchev–Trinajstić information content (AvgIpc) is 2.82. The molecular formula is C15H23N2O3+. The van der Waals surface area contributed by atoms with Crippen molar-refractivity contribution in [2.75, 3.05) is 19.6 Å². The van der Waals surface area contributed by atoms with Crippen LogP contribution in [0.4, 0.5) is 0 Å². The predicted molar refractivity (Wildman–Crippen MR) is 77.0 cm³/mol. The Morgan fingerprint density at radius 3 is 2.20 bits per heavy atom. The van der Waals surface area contributed by atoms with Crippen molar-refractivity contribution in [2.45, 2.75) is 20.3 Å². The van der Waals surface area contributed by atoms with E-state index in [4.69, 9.17) is 5.11 Å². The van der Waals surface area contributed by atoms with Crippen molar-refractivity contribution >= 4 is 11.8 Å². The summed E-state index contributed by atoms with van der Waals surface area (Å²) in [5.41, 5.74) is 0. The summed E-state index contributed by atoms with van der Waals surface area (Å²) < 4.78 is 1.93. The van der Waals surface area contributed by atoms with Crippen LogP contribution in [0.3, 0.4) is 0 Å². The number of carboxylic acid groups (broad SMARTS) is 1. The van der Waals surface area contributed by atoms with Gasteiger partial charge in [-0.1, -0.05) is 43.3 Å². The molecule has 1 atom stereocenters. The highest BCUT2D eigenvalue weighted by atomic mass is 16.5. The summed E-state index contributed by atoms with van der Waals surface area (Å²) in [5, 5.41) is 19.4. The van der Waals surface area contributed by atoms with Gasteiger partial charge in [-0.2, -0.15) is 0 Å². The number of carbonyl (C=O) groups is 1. The number of hydrogen-bond acceptors (Lipinski definition) is 3. The maximum Gasteiger partial charge on any atom is 0.318 e. The quantitative estimate of drug-likeness (QED) is 0.827. The van der Waals surface area contributed by atoms with Crippen molar-refractivity contribution < 1.29 is 19.7 Å². The minimum absolute atomic E-state index is 0.493. The zero-order chi connectivity index (χ0) is 15.0. The van der Waals surface area contributed by atoms with Crippen LogP contribution in [0, 0.1) is 5.92 Å². The molecule has 110 valence electrons. The predicted octanol–water partition coefficient (Wildman–Crippen LogP) is 1.92. The van der Waals surface area contributed by atoms with E-state index < -0.39 is 11.9 Å². The second-order valence-electron chi connectivity index (χ2n) is 4.68. The summed E-state index contributed by atoms with van der Waals surface area (Å²) in [4.78, 5) is 10.8. The van der Waals surface area contributed by atoms with Crippen LogP contribution in [0.5, 0.6) is 0 Å². The van der Waals surface area contributed by atoms with Gasteiger partial charge in [0.15, 0.2) is 12.5 Å². The third kappa shape index (κ3) is 4.66. The maximum atomic E-state index is 10.8. The van der Waals surface area contributed by atoms with Crippen molar-refractivity contribution in [1.29, 1.82) is 0 Å². The molecule has 0 fully saturated rings. The van der Waals surface area contributed by atoms with E-state index in [2.05, 4.69) is 0 Å². The highest BCUT2D eigenvalue weighted by molar-refractivity contribution is 5.97. The van der Waals surface area contributed by atoms with Crippen LogP contribution in [-0.4, -0.2) is 51.4 Å². The van der Waals surface area contributed by atoms with Gasteiger partial charge in [0.05, 0.1) is 6.54 Å². The van der Waals surface area contributed by atoms with Gasteiger partial charge < -0.3 is 5.11 Å². The van der Waals surface area contributed by atoms with Crippen LogP contribution in [0.15, 0.2) is 36.4 Å². The first-order valence-corrected chi connectivity index (χ1v) is 6.89. The summed E-state index contributed by atoms with van der Waals surface area (Å²) in [6, 6.07) is 12.0. The molecule has 5 nitrogen and oxygen atoms in total. The zero-order valence-corrected chi connectivity index (χ0v) is 12.1. The summed E-state index contributed by atoms with van der Waals surface area (Å²) in [6.07, 6.45) is 0.948. The fourth-order valence-corrected chi connectivity index (χ4v) is 2.10. The Balaban J connectivity index is 0.000000276. The molecule has 5 heteroatoms. The highest BCUT2D eigenvalue weighted by Crippen LogP contribution is 2.09. The molecule has 1 unspecified atom stereocenters. The maximum absolute atomic E-state index is 10.8. The van der Waals surface area contributed by atoms with Gasteiger partial charge in [0.25, 0.3) is 5.84 Å². The molecule has 0 aromatic heterocycles. The molecule has 2 rings (SSSR count). The van der Waals surface area contributed by atoms with E-state index in [1.165, 1.54) is 0 Å². The minimum Gasteiger partial charge on any atom is -0.481 e. The Kier molecular flexibility index (Phi) is 6.73. The molecule has 2 N–H and O–H groups in total. The van der Waals surface area contributed by atoms with Crippen molar-refractivity contribution in [2.24, 2.45) is 5.92 Å². The lowest BCUT2D eigenvalue weighted by Crippen LogP contribution is -2.36. The number of nitrogens with zero attached hydrogens (tertiary/aromatic N) is 2. The van der Waals surface area contributed by atoms with E-state index in [-0.39, 0.29) is 0 Å². The number of rotatable bonds is 4. The normalized spacial score (nSPS) is 15.7. The molecule has 1 aliphatic rings. The number of aliphatic carboxylic acids is 1. The molecule has 0 spiro atoms. The second kappa shape index (κ2) is 8.32. The lowest BCUT2D eigenvalue weighted by Gasteiger charge is -2.09. The van der Waals surface area contributed by atoms with Crippen LogP contribution in [0.1, 0.15) is 20.3 Å². The zero-order valence-electron chi connectivity index (χ0n) is 12.1. The monoisotopic (exact) mass is 279 g/mol. The third-order valence-corrected chi connectivity index (χ3v) is 3.09. The number of benzene rings is 1. The molecule has 0 aliphatic carbocycles. The topological polar surface area (TPSA) is 63.8 Å². The molecule has 20 heavy (non-hydrogen) atoms. The second-order valence-corrected chi connectivity index (χ2v) is 4.68. The van der Waals surface area contributed by atoms with Gasteiger partial charge in [-0.3, -0.25) is 9.37 Å². The molecule has 0 bridgehead atoms. The lowest BCUT2D eigenvalue weighted by atomic mass is 10.1. The number of hydrogen-bond donors (Lipinski definition) is 2. The van der Waals surface area contributed by atoms with E-state index >= 15 is 0 Å². The largest absolute Gasteiger partial charge is 0.481 e. The molecule has 0 saturated carbocycles. The van der Waals surface area contributed by atoms with Gasteiger partial charge in [-0.15, -0.1) is 5.06 Å². The molecule has 0 radical (unpaired) electrons. The van der Waals surface area contributed by atoms with Gasteiger partial charge in [0.2, 0.25) is 0 Å². The Hall–Kier alpha value is -1.88. The number of hydroxylamine groups is 2. The molecule has 1 aromatic rings. The first-order chi connectivity index (χ1) is 9.57. The molecule has 1 aromatic carbocycles. The Morgan fingerprint density at radius 2 is 1.80 bits per heavy atom.